The van der Waals surface area contributed by atoms with Crippen molar-refractivity contribution in [1.29, 1.82) is 0 Å². The molecular formula is C27H44N4O5. The van der Waals surface area contributed by atoms with E-state index in [1.54, 1.807) is 13.8 Å². The zero-order valence-electron chi connectivity index (χ0n) is 22.8. The predicted octanol–water partition coefficient (Wildman–Crippen LogP) is 2.84. The van der Waals surface area contributed by atoms with Gasteiger partial charge in [-0.1, -0.05) is 52.0 Å². The number of rotatable bonds is 14. The molecule has 0 aromatic heterocycles. The first-order chi connectivity index (χ1) is 16.7. The number of Topliss-reactive ketones (excluding diaryl/α,β-unsaturated/α-hetero) is 1. The molecule has 0 spiro atoms. The molecule has 0 saturated heterocycles. The van der Waals surface area contributed by atoms with E-state index in [9.17, 15) is 19.2 Å². The average Bonchev–Trinajstić information content (AvgIpc) is 2.77. The highest BCUT2D eigenvalue weighted by molar-refractivity contribution is 5.92. The molecule has 2 atom stereocenters. The van der Waals surface area contributed by atoms with E-state index in [0.717, 1.165) is 11.1 Å². The fourth-order valence-electron chi connectivity index (χ4n) is 3.49. The monoisotopic (exact) mass is 504 g/mol. The van der Waals surface area contributed by atoms with Crippen LogP contribution in [0.2, 0.25) is 0 Å². The highest BCUT2D eigenvalue weighted by atomic mass is 16.5. The number of amides is 3. The molecule has 36 heavy (non-hydrogen) atoms. The molecule has 0 radical (unpaired) electrons. The lowest BCUT2D eigenvalue weighted by Crippen LogP contribution is -2.56. The van der Waals surface area contributed by atoms with Crippen molar-refractivity contribution in [2.45, 2.75) is 92.0 Å². The number of primary amides is 1. The second-order valence-electron chi connectivity index (χ2n) is 10.8. The van der Waals surface area contributed by atoms with Crippen LogP contribution in [-0.4, -0.2) is 47.9 Å². The summed E-state index contributed by atoms with van der Waals surface area (Å²) >= 11 is 0. The molecule has 9 nitrogen and oxygen atoms in total. The van der Waals surface area contributed by atoms with Crippen molar-refractivity contribution in [3.8, 4) is 0 Å². The summed E-state index contributed by atoms with van der Waals surface area (Å²) < 4.78 is 5.24. The zero-order chi connectivity index (χ0) is 27.5. The van der Waals surface area contributed by atoms with Crippen LogP contribution in [0.15, 0.2) is 24.3 Å². The fraction of sp³-hybridized carbons (Fsp3) is 0.630. The van der Waals surface area contributed by atoms with Gasteiger partial charge in [0.1, 0.15) is 6.61 Å². The van der Waals surface area contributed by atoms with Gasteiger partial charge in [0.2, 0.25) is 5.91 Å². The Kier molecular flexibility index (Phi) is 12.6. The first kappa shape index (κ1) is 31.1. The largest absolute Gasteiger partial charge is 0.461 e. The number of urea groups is 1. The Morgan fingerprint density at radius 2 is 1.56 bits per heavy atom. The van der Waals surface area contributed by atoms with Crippen molar-refractivity contribution in [3.63, 3.8) is 0 Å². The van der Waals surface area contributed by atoms with Crippen LogP contribution >= 0.6 is 0 Å². The molecule has 0 unspecified atom stereocenters. The first-order valence-corrected chi connectivity index (χ1v) is 12.6. The third kappa shape index (κ3) is 12.2. The SMILES string of the molecule is CC(C)C(=O)OCc1ccc(CC(=O)[C@H](CCCNC(N)=O)NC(=O)[C@@H](NC(C)(C)C)C(C)C)cc1. The summed E-state index contributed by atoms with van der Waals surface area (Å²) in [4.78, 5) is 49.0. The van der Waals surface area contributed by atoms with E-state index in [-0.39, 0.29) is 48.1 Å². The quantitative estimate of drug-likeness (QED) is 0.227. The molecule has 9 heteroatoms. The summed E-state index contributed by atoms with van der Waals surface area (Å²) in [6.07, 6.45) is 0.993. The van der Waals surface area contributed by atoms with Crippen LogP contribution in [0.25, 0.3) is 0 Å². The van der Waals surface area contributed by atoms with Crippen LogP contribution < -0.4 is 21.7 Å². The lowest BCUT2D eigenvalue weighted by Gasteiger charge is -2.31. The van der Waals surface area contributed by atoms with Gasteiger partial charge in [0.15, 0.2) is 5.78 Å². The molecule has 1 rings (SSSR count). The highest BCUT2D eigenvalue weighted by Gasteiger charge is 2.30. The van der Waals surface area contributed by atoms with Crippen LogP contribution in [0.3, 0.4) is 0 Å². The van der Waals surface area contributed by atoms with E-state index < -0.39 is 18.1 Å². The van der Waals surface area contributed by atoms with Crippen LogP contribution in [0.5, 0.6) is 0 Å². The number of hydrogen-bond acceptors (Lipinski definition) is 6. The number of nitrogens with two attached hydrogens (primary N) is 1. The van der Waals surface area contributed by atoms with Gasteiger partial charge in [0.05, 0.1) is 18.0 Å². The number of nitrogens with one attached hydrogen (secondary N) is 3. The number of hydrogen-bond donors (Lipinski definition) is 4. The number of carbonyl (C=O) groups excluding carboxylic acids is 4. The normalized spacial score (nSPS) is 13.2. The lowest BCUT2D eigenvalue weighted by atomic mass is 9.96. The minimum atomic E-state index is -0.707. The van der Waals surface area contributed by atoms with E-state index in [1.165, 1.54) is 0 Å². The fourth-order valence-corrected chi connectivity index (χ4v) is 3.49. The Bertz CT molecular complexity index is 875. The maximum Gasteiger partial charge on any atom is 0.312 e. The van der Waals surface area contributed by atoms with Gasteiger partial charge in [0.25, 0.3) is 0 Å². The summed E-state index contributed by atoms with van der Waals surface area (Å²) in [5, 5.41) is 8.78. The maximum absolute atomic E-state index is 13.2. The van der Waals surface area contributed by atoms with Gasteiger partial charge >= 0.3 is 12.0 Å². The molecule has 3 amide bonds. The van der Waals surface area contributed by atoms with Gasteiger partial charge in [-0.25, -0.2) is 4.79 Å². The third-order valence-electron chi connectivity index (χ3n) is 5.47. The van der Waals surface area contributed by atoms with Crippen molar-refractivity contribution < 1.29 is 23.9 Å². The second-order valence-corrected chi connectivity index (χ2v) is 10.8. The van der Waals surface area contributed by atoms with E-state index in [4.69, 9.17) is 10.5 Å². The Hall–Kier alpha value is -2.94. The molecule has 0 heterocycles. The topological polar surface area (TPSA) is 140 Å². The summed E-state index contributed by atoms with van der Waals surface area (Å²) in [6, 6.07) is 5.49. The minimum absolute atomic E-state index is 0.0221. The Morgan fingerprint density at radius 1 is 0.972 bits per heavy atom. The van der Waals surface area contributed by atoms with Crippen molar-refractivity contribution in [2.75, 3.05) is 6.54 Å². The van der Waals surface area contributed by atoms with Gasteiger partial charge in [-0.15, -0.1) is 0 Å². The Morgan fingerprint density at radius 3 is 2.06 bits per heavy atom. The van der Waals surface area contributed by atoms with E-state index >= 15 is 0 Å². The van der Waals surface area contributed by atoms with E-state index in [0.29, 0.717) is 19.4 Å². The summed E-state index contributed by atoms with van der Waals surface area (Å²) in [5.41, 5.74) is 6.47. The molecule has 1 aromatic carbocycles. The molecule has 0 saturated carbocycles. The zero-order valence-corrected chi connectivity index (χ0v) is 22.8. The predicted molar refractivity (Wildman–Crippen MR) is 140 cm³/mol. The van der Waals surface area contributed by atoms with Gasteiger partial charge < -0.3 is 26.4 Å². The van der Waals surface area contributed by atoms with Crippen LogP contribution in [0.4, 0.5) is 4.79 Å². The van der Waals surface area contributed by atoms with E-state index in [1.807, 2.05) is 58.9 Å². The summed E-state index contributed by atoms with van der Waals surface area (Å²) in [6.45, 7) is 13.9. The van der Waals surface area contributed by atoms with Crippen LogP contribution in [-0.2, 0) is 32.1 Å². The van der Waals surface area contributed by atoms with Crippen molar-refractivity contribution in [2.24, 2.45) is 17.6 Å². The van der Waals surface area contributed by atoms with Crippen molar-refractivity contribution >= 4 is 23.7 Å². The minimum Gasteiger partial charge on any atom is -0.461 e. The third-order valence-corrected chi connectivity index (χ3v) is 5.47. The van der Waals surface area contributed by atoms with E-state index in [2.05, 4.69) is 16.0 Å². The number of esters is 1. The number of ketones is 1. The van der Waals surface area contributed by atoms with Crippen LogP contribution in [0, 0.1) is 11.8 Å². The molecule has 0 fully saturated rings. The number of carbonyl (C=O) groups is 4. The van der Waals surface area contributed by atoms with Crippen LogP contribution in [0.1, 0.15) is 72.4 Å². The van der Waals surface area contributed by atoms with Crippen molar-refractivity contribution in [3.05, 3.63) is 35.4 Å². The Labute approximate surface area is 215 Å². The van der Waals surface area contributed by atoms with Gasteiger partial charge in [-0.2, -0.15) is 0 Å². The van der Waals surface area contributed by atoms with Crippen molar-refractivity contribution in [1.82, 2.24) is 16.0 Å². The maximum atomic E-state index is 13.2. The molecule has 202 valence electrons. The van der Waals surface area contributed by atoms with Gasteiger partial charge in [-0.05, 0) is 50.7 Å². The summed E-state index contributed by atoms with van der Waals surface area (Å²) in [5.74, 6) is -0.794. The molecule has 0 bridgehead atoms. The number of benzene rings is 1. The summed E-state index contributed by atoms with van der Waals surface area (Å²) in [7, 11) is 0. The second kappa shape index (κ2) is 14.6. The molecule has 0 aliphatic heterocycles. The molecule has 0 aliphatic carbocycles. The highest BCUT2D eigenvalue weighted by Crippen LogP contribution is 2.13. The standard InChI is InChI=1S/C27H44N4O5/c1-17(2)23(31-27(5,6)7)24(33)30-21(9-8-14-29-26(28)35)22(32)15-19-10-12-20(13-11-19)16-36-25(34)18(3)4/h10-13,17-18,21,23,31H,8-9,14-16H2,1-7H3,(H,30,33)(H3,28,29,35)/t21-,23-/m0/s1. The molecular weight excluding hydrogens is 460 g/mol. The van der Waals surface area contributed by atoms with Gasteiger partial charge in [0, 0.05) is 18.5 Å². The smallest absolute Gasteiger partial charge is 0.312 e. The lowest BCUT2D eigenvalue weighted by molar-refractivity contribution is -0.148. The van der Waals surface area contributed by atoms with Gasteiger partial charge in [-0.3, -0.25) is 14.4 Å². The Balaban J connectivity index is 2.89. The molecule has 5 N–H and O–H groups in total. The number of ether oxygens (including phenoxy) is 1. The average molecular weight is 505 g/mol. The molecule has 1 aromatic rings. The first-order valence-electron chi connectivity index (χ1n) is 12.6. The molecule has 0 aliphatic rings.